The molecule has 30 heavy (non-hydrogen) atoms. The van der Waals surface area contributed by atoms with E-state index in [0.29, 0.717) is 17.1 Å². The minimum absolute atomic E-state index is 0.0559. The van der Waals surface area contributed by atoms with E-state index >= 15 is 0 Å². The van der Waals surface area contributed by atoms with E-state index in [9.17, 15) is 13.6 Å². The molecule has 0 unspecified atom stereocenters. The predicted octanol–water partition coefficient (Wildman–Crippen LogP) is 5.69. The molecule has 6 nitrogen and oxygen atoms in total. The first kappa shape index (κ1) is 21.6. The van der Waals surface area contributed by atoms with Gasteiger partial charge in [0.05, 0.1) is 10.6 Å². The molecule has 0 aliphatic carbocycles. The molecule has 1 heterocycles. The zero-order valence-corrected chi connectivity index (χ0v) is 17.2. The first-order chi connectivity index (χ1) is 14.2. The van der Waals surface area contributed by atoms with Crippen LogP contribution in [0.25, 0.3) is 0 Å². The van der Waals surface area contributed by atoms with Gasteiger partial charge in [0.25, 0.3) is 5.91 Å². The molecule has 1 N–H and O–H groups in total. The second-order valence-corrected chi connectivity index (χ2v) is 6.99. The van der Waals surface area contributed by atoms with Crippen LogP contribution in [0.1, 0.15) is 32.9 Å². The SMILES string of the molecule is Cc1ccc(OCc2c(C(=O)Nc3ccc(OC(F)F)c(Cl)c3)noc2C)cc1C. The molecule has 3 aromatic rings. The lowest BCUT2D eigenvalue weighted by atomic mass is 10.1. The normalized spacial score (nSPS) is 10.9. The number of ether oxygens (including phenoxy) is 2. The number of hydrogen-bond acceptors (Lipinski definition) is 5. The Morgan fingerprint density at radius 1 is 1.17 bits per heavy atom. The number of hydrogen-bond donors (Lipinski definition) is 1. The van der Waals surface area contributed by atoms with Crippen LogP contribution >= 0.6 is 11.6 Å². The summed E-state index contributed by atoms with van der Waals surface area (Å²) in [5, 5.41) is 6.35. The maximum atomic E-state index is 12.6. The number of halogens is 3. The summed E-state index contributed by atoms with van der Waals surface area (Å²) in [6.07, 6.45) is 0. The fourth-order valence-corrected chi connectivity index (χ4v) is 2.88. The molecule has 0 radical (unpaired) electrons. The summed E-state index contributed by atoms with van der Waals surface area (Å²) in [5.41, 5.74) is 3.07. The molecule has 0 fully saturated rings. The van der Waals surface area contributed by atoms with Crippen LogP contribution in [0, 0.1) is 20.8 Å². The summed E-state index contributed by atoms with van der Waals surface area (Å²) in [5.74, 6) is 0.364. The summed E-state index contributed by atoms with van der Waals surface area (Å²) in [7, 11) is 0. The van der Waals surface area contributed by atoms with Crippen molar-refractivity contribution in [2.24, 2.45) is 0 Å². The van der Waals surface area contributed by atoms with Gasteiger partial charge in [-0.3, -0.25) is 4.79 Å². The Morgan fingerprint density at radius 2 is 1.93 bits per heavy atom. The van der Waals surface area contributed by atoms with Crippen molar-refractivity contribution in [3.8, 4) is 11.5 Å². The molecule has 3 rings (SSSR count). The molecule has 0 aliphatic heterocycles. The molecule has 2 aromatic carbocycles. The van der Waals surface area contributed by atoms with Crippen molar-refractivity contribution in [3.05, 3.63) is 69.6 Å². The second-order valence-electron chi connectivity index (χ2n) is 6.58. The van der Waals surface area contributed by atoms with Gasteiger partial charge in [-0.2, -0.15) is 8.78 Å². The highest BCUT2D eigenvalue weighted by Gasteiger charge is 2.21. The summed E-state index contributed by atoms with van der Waals surface area (Å²) in [6, 6.07) is 9.62. The van der Waals surface area contributed by atoms with Crippen molar-refractivity contribution in [1.29, 1.82) is 0 Å². The molecule has 1 aromatic heterocycles. The second kappa shape index (κ2) is 9.13. The Balaban J connectivity index is 1.72. The van der Waals surface area contributed by atoms with Crippen LogP contribution in [0.2, 0.25) is 5.02 Å². The summed E-state index contributed by atoms with van der Waals surface area (Å²) < 4.78 is 39.9. The van der Waals surface area contributed by atoms with Crippen LogP contribution in [0.15, 0.2) is 40.9 Å². The lowest BCUT2D eigenvalue weighted by Gasteiger charge is -2.10. The van der Waals surface area contributed by atoms with Crippen molar-refractivity contribution in [2.75, 3.05) is 5.32 Å². The fourth-order valence-electron chi connectivity index (χ4n) is 2.66. The van der Waals surface area contributed by atoms with Crippen LogP contribution in [0.5, 0.6) is 11.5 Å². The fraction of sp³-hybridized carbons (Fsp3) is 0.238. The van der Waals surface area contributed by atoms with E-state index in [1.807, 2.05) is 32.0 Å². The van der Waals surface area contributed by atoms with Gasteiger partial charge in [0.1, 0.15) is 23.9 Å². The number of aromatic nitrogens is 1. The largest absolute Gasteiger partial charge is 0.489 e. The van der Waals surface area contributed by atoms with Crippen molar-refractivity contribution < 1.29 is 27.6 Å². The third-order valence-electron chi connectivity index (χ3n) is 4.47. The quantitative estimate of drug-likeness (QED) is 0.515. The van der Waals surface area contributed by atoms with Crippen LogP contribution in [-0.2, 0) is 6.61 Å². The van der Waals surface area contributed by atoms with Crippen molar-refractivity contribution in [2.45, 2.75) is 34.0 Å². The molecule has 0 bridgehead atoms. The van der Waals surface area contributed by atoms with Crippen molar-refractivity contribution in [1.82, 2.24) is 5.16 Å². The first-order valence-corrected chi connectivity index (χ1v) is 9.33. The zero-order chi connectivity index (χ0) is 21.8. The molecular weight excluding hydrogens is 418 g/mol. The van der Waals surface area contributed by atoms with E-state index in [0.717, 1.165) is 11.1 Å². The Bertz CT molecular complexity index is 1070. The van der Waals surface area contributed by atoms with Gasteiger partial charge in [-0.25, -0.2) is 0 Å². The minimum Gasteiger partial charge on any atom is -0.489 e. The van der Waals surface area contributed by atoms with E-state index in [1.54, 1.807) is 6.92 Å². The van der Waals surface area contributed by atoms with Gasteiger partial charge in [0.15, 0.2) is 5.69 Å². The number of aryl methyl sites for hydroxylation is 3. The van der Waals surface area contributed by atoms with Crippen LogP contribution < -0.4 is 14.8 Å². The predicted molar refractivity (Wildman–Crippen MR) is 108 cm³/mol. The molecule has 0 atom stereocenters. The van der Waals surface area contributed by atoms with Gasteiger partial charge in [-0.1, -0.05) is 22.8 Å². The first-order valence-electron chi connectivity index (χ1n) is 8.95. The van der Waals surface area contributed by atoms with Crippen molar-refractivity contribution >= 4 is 23.2 Å². The maximum absolute atomic E-state index is 12.6. The number of benzene rings is 2. The van der Waals surface area contributed by atoms with Gasteiger partial charge >= 0.3 is 6.61 Å². The number of alkyl halides is 2. The summed E-state index contributed by atoms with van der Waals surface area (Å²) >= 11 is 5.92. The average Bonchev–Trinajstić information content (AvgIpc) is 3.05. The molecule has 9 heteroatoms. The monoisotopic (exact) mass is 436 g/mol. The lowest BCUT2D eigenvalue weighted by molar-refractivity contribution is -0.0497. The van der Waals surface area contributed by atoms with Gasteiger partial charge < -0.3 is 19.3 Å². The topological polar surface area (TPSA) is 73.6 Å². The van der Waals surface area contributed by atoms with Gasteiger partial charge in [-0.05, 0) is 62.2 Å². The third kappa shape index (κ3) is 5.07. The number of nitrogens with zero attached hydrogens (tertiary/aromatic N) is 1. The van der Waals surface area contributed by atoms with Crippen LogP contribution in [0.4, 0.5) is 14.5 Å². The number of nitrogens with one attached hydrogen (secondary N) is 1. The Kier molecular flexibility index (Phi) is 6.56. The Hall–Kier alpha value is -3.13. The highest BCUT2D eigenvalue weighted by atomic mass is 35.5. The zero-order valence-electron chi connectivity index (χ0n) is 16.5. The molecular formula is C21H19ClF2N2O4. The summed E-state index contributed by atoms with van der Waals surface area (Å²) in [6.45, 7) is 2.75. The lowest BCUT2D eigenvalue weighted by Crippen LogP contribution is -2.15. The minimum atomic E-state index is -3.00. The Labute approximate surface area is 176 Å². The number of amides is 1. The molecule has 0 saturated heterocycles. The van der Waals surface area contributed by atoms with Crippen LogP contribution in [-0.4, -0.2) is 17.7 Å². The van der Waals surface area contributed by atoms with Gasteiger partial charge in [-0.15, -0.1) is 0 Å². The maximum Gasteiger partial charge on any atom is 0.387 e. The molecule has 158 valence electrons. The standard InChI is InChI=1S/C21H19ClF2N2O4/c1-11-4-6-15(8-12(11)2)28-10-16-13(3)30-26-19(16)20(27)25-14-5-7-18(17(22)9-14)29-21(23)24/h4-9,21H,10H2,1-3H3,(H,25,27). The number of anilines is 1. The van der Waals surface area contributed by atoms with E-state index in [1.165, 1.54) is 18.2 Å². The van der Waals surface area contributed by atoms with Gasteiger partial charge in [0, 0.05) is 5.69 Å². The Morgan fingerprint density at radius 3 is 2.60 bits per heavy atom. The number of carbonyl (C=O) groups excluding carboxylic acids is 1. The van der Waals surface area contributed by atoms with Crippen molar-refractivity contribution in [3.63, 3.8) is 0 Å². The molecule has 0 aliphatic rings. The number of rotatable bonds is 7. The molecule has 0 saturated carbocycles. The van der Waals surface area contributed by atoms with E-state index < -0.39 is 12.5 Å². The van der Waals surface area contributed by atoms with E-state index in [-0.39, 0.29) is 28.8 Å². The highest BCUT2D eigenvalue weighted by Crippen LogP contribution is 2.29. The number of carbonyl (C=O) groups is 1. The van der Waals surface area contributed by atoms with E-state index in [4.69, 9.17) is 20.9 Å². The summed E-state index contributed by atoms with van der Waals surface area (Å²) in [4.78, 5) is 12.6. The van der Waals surface area contributed by atoms with E-state index in [2.05, 4.69) is 15.2 Å². The molecule has 1 amide bonds. The average molecular weight is 437 g/mol. The van der Waals surface area contributed by atoms with Gasteiger partial charge in [0.2, 0.25) is 0 Å². The van der Waals surface area contributed by atoms with Crippen LogP contribution in [0.3, 0.4) is 0 Å². The smallest absolute Gasteiger partial charge is 0.387 e. The third-order valence-corrected chi connectivity index (χ3v) is 4.76. The molecule has 0 spiro atoms. The highest BCUT2D eigenvalue weighted by molar-refractivity contribution is 6.32.